The Morgan fingerprint density at radius 1 is 1.32 bits per heavy atom. The maximum Gasteiger partial charge on any atom is 0.247 e. The van der Waals surface area contributed by atoms with Gasteiger partial charge < -0.3 is 5.32 Å². The molecular weight excluding hydrogens is 270 g/mol. The summed E-state index contributed by atoms with van der Waals surface area (Å²) >= 11 is 0. The van der Waals surface area contributed by atoms with Crippen molar-refractivity contribution in [1.29, 1.82) is 0 Å². The molecule has 0 radical (unpaired) electrons. The Morgan fingerprint density at radius 2 is 2.00 bits per heavy atom. The SMILES string of the molecule is CC1(C)C(=O)NC(=O)CN1S(=O)(=O)C1CCCNC1. The molecule has 2 saturated heterocycles. The highest BCUT2D eigenvalue weighted by molar-refractivity contribution is 7.89. The Balaban J connectivity index is 2.31. The fraction of sp³-hybridized carbons (Fsp3) is 0.818. The topological polar surface area (TPSA) is 95.6 Å². The lowest BCUT2D eigenvalue weighted by Gasteiger charge is -2.41. The van der Waals surface area contributed by atoms with E-state index in [1.165, 1.54) is 13.8 Å². The van der Waals surface area contributed by atoms with Crippen molar-refractivity contribution in [1.82, 2.24) is 14.9 Å². The number of nitrogens with zero attached hydrogens (tertiary/aromatic N) is 1. The molecule has 0 spiro atoms. The van der Waals surface area contributed by atoms with Gasteiger partial charge in [0.1, 0.15) is 5.54 Å². The average Bonchev–Trinajstić information content (AvgIpc) is 2.35. The normalized spacial score (nSPS) is 29.1. The first-order valence-corrected chi connectivity index (χ1v) is 7.83. The lowest BCUT2D eigenvalue weighted by atomic mass is 10.0. The molecule has 0 aromatic carbocycles. The van der Waals surface area contributed by atoms with Crippen molar-refractivity contribution in [3.63, 3.8) is 0 Å². The molecule has 2 fully saturated rings. The maximum atomic E-state index is 12.6. The van der Waals surface area contributed by atoms with Gasteiger partial charge in [0.25, 0.3) is 0 Å². The minimum absolute atomic E-state index is 0.294. The highest BCUT2D eigenvalue weighted by Crippen LogP contribution is 2.26. The van der Waals surface area contributed by atoms with Crippen LogP contribution < -0.4 is 10.6 Å². The van der Waals surface area contributed by atoms with Crippen LogP contribution in [0, 0.1) is 0 Å². The number of sulfonamides is 1. The molecule has 0 aliphatic carbocycles. The molecule has 0 saturated carbocycles. The molecule has 1 unspecified atom stereocenters. The van der Waals surface area contributed by atoms with Gasteiger partial charge in [-0.2, -0.15) is 4.31 Å². The van der Waals surface area contributed by atoms with Crippen LogP contribution in [-0.2, 0) is 19.6 Å². The minimum atomic E-state index is -3.67. The molecular formula is C11H19N3O4S. The fourth-order valence-electron chi connectivity index (χ4n) is 2.42. The van der Waals surface area contributed by atoms with Crippen LogP contribution in [0.3, 0.4) is 0 Å². The molecule has 0 aromatic rings. The van der Waals surface area contributed by atoms with Gasteiger partial charge in [0.05, 0.1) is 11.8 Å². The Bertz CT molecular complexity index is 494. The number of hydrogen-bond donors (Lipinski definition) is 2. The standard InChI is InChI=1S/C11H19N3O4S/c1-11(2)10(16)13-9(15)7-14(11)19(17,18)8-4-3-5-12-6-8/h8,12H,3-7H2,1-2H3,(H,13,15,16). The maximum absolute atomic E-state index is 12.6. The molecule has 2 aliphatic rings. The summed E-state index contributed by atoms with van der Waals surface area (Å²) in [6.45, 7) is 3.91. The lowest BCUT2D eigenvalue weighted by molar-refractivity contribution is -0.141. The molecule has 0 aromatic heterocycles. The quantitative estimate of drug-likeness (QED) is 0.623. The molecule has 2 aliphatic heterocycles. The van der Waals surface area contributed by atoms with Crippen LogP contribution in [0.2, 0.25) is 0 Å². The number of carbonyl (C=O) groups is 2. The van der Waals surface area contributed by atoms with Crippen molar-refractivity contribution in [2.75, 3.05) is 19.6 Å². The van der Waals surface area contributed by atoms with E-state index in [4.69, 9.17) is 0 Å². The van der Waals surface area contributed by atoms with Gasteiger partial charge in [-0.05, 0) is 33.2 Å². The summed E-state index contributed by atoms with van der Waals surface area (Å²) < 4.78 is 26.2. The number of imide groups is 1. The van der Waals surface area contributed by atoms with Crippen molar-refractivity contribution in [2.24, 2.45) is 0 Å². The van der Waals surface area contributed by atoms with Gasteiger partial charge in [0.2, 0.25) is 21.8 Å². The first-order chi connectivity index (χ1) is 8.76. The second-order valence-electron chi connectivity index (χ2n) is 5.46. The van der Waals surface area contributed by atoms with E-state index < -0.39 is 32.6 Å². The van der Waals surface area contributed by atoms with Gasteiger partial charge in [-0.25, -0.2) is 8.42 Å². The first-order valence-electron chi connectivity index (χ1n) is 6.33. The Hall–Kier alpha value is -0.990. The summed E-state index contributed by atoms with van der Waals surface area (Å²) in [4.78, 5) is 23.3. The third-order valence-electron chi connectivity index (χ3n) is 3.70. The van der Waals surface area contributed by atoms with E-state index in [0.717, 1.165) is 17.3 Å². The number of nitrogens with one attached hydrogen (secondary N) is 2. The largest absolute Gasteiger partial charge is 0.315 e. The van der Waals surface area contributed by atoms with Crippen LogP contribution in [0.25, 0.3) is 0 Å². The van der Waals surface area contributed by atoms with Gasteiger partial charge in [-0.1, -0.05) is 0 Å². The predicted octanol–water partition coefficient (Wildman–Crippen LogP) is -1.19. The Kier molecular flexibility index (Phi) is 3.67. The Morgan fingerprint density at radius 3 is 2.58 bits per heavy atom. The predicted molar refractivity (Wildman–Crippen MR) is 68.7 cm³/mol. The van der Waals surface area contributed by atoms with Crippen LogP contribution >= 0.6 is 0 Å². The van der Waals surface area contributed by atoms with E-state index in [1.807, 2.05) is 0 Å². The second kappa shape index (κ2) is 4.84. The van der Waals surface area contributed by atoms with Crippen molar-refractivity contribution in [3.05, 3.63) is 0 Å². The van der Waals surface area contributed by atoms with E-state index in [0.29, 0.717) is 13.0 Å². The van der Waals surface area contributed by atoms with Gasteiger partial charge in [-0.15, -0.1) is 0 Å². The van der Waals surface area contributed by atoms with Crippen molar-refractivity contribution < 1.29 is 18.0 Å². The zero-order chi connectivity index (χ0) is 14.3. The van der Waals surface area contributed by atoms with Crippen LogP contribution in [-0.4, -0.2) is 55.0 Å². The zero-order valence-electron chi connectivity index (χ0n) is 11.1. The molecule has 19 heavy (non-hydrogen) atoms. The number of piperidine rings is 1. The number of amides is 2. The van der Waals surface area contributed by atoms with Gasteiger partial charge in [0.15, 0.2) is 0 Å². The van der Waals surface area contributed by atoms with Crippen LogP contribution in [0.1, 0.15) is 26.7 Å². The zero-order valence-corrected chi connectivity index (χ0v) is 11.9. The smallest absolute Gasteiger partial charge is 0.247 e. The van der Waals surface area contributed by atoms with E-state index in [2.05, 4.69) is 10.6 Å². The summed E-state index contributed by atoms with van der Waals surface area (Å²) in [5.41, 5.74) is -1.23. The van der Waals surface area contributed by atoms with Gasteiger partial charge in [0, 0.05) is 6.54 Å². The summed E-state index contributed by atoms with van der Waals surface area (Å²) in [7, 11) is -3.67. The number of carbonyl (C=O) groups excluding carboxylic acids is 2. The molecule has 2 heterocycles. The van der Waals surface area contributed by atoms with E-state index >= 15 is 0 Å². The van der Waals surface area contributed by atoms with Crippen LogP contribution in [0.15, 0.2) is 0 Å². The van der Waals surface area contributed by atoms with Crippen molar-refractivity contribution in [3.8, 4) is 0 Å². The van der Waals surface area contributed by atoms with E-state index in [-0.39, 0.29) is 6.54 Å². The highest BCUT2D eigenvalue weighted by atomic mass is 32.2. The monoisotopic (exact) mass is 289 g/mol. The molecule has 1 atom stereocenters. The van der Waals surface area contributed by atoms with E-state index in [9.17, 15) is 18.0 Å². The van der Waals surface area contributed by atoms with Gasteiger partial charge in [-0.3, -0.25) is 14.9 Å². The molecule has 8 heteroatoms. The lowest BCUT2D eigenvalue weighted by Crippen LogP contribution is -2.67. The highest BCUT2D eigenvalue weighted by Gasteiger charge is 2.49. The number of hydrogen-bond acceptors (Lipinski definition) is 5. The molecule has 2 amide bonds. The first kappa shape index (κ1) is 14.4. The minimum Gasteiger partial charge on any atom is -0.315 e. The Labute approximate surface area is 112 Å². The van der Waals surface area contributed by atoms with Crippen LogP contribution in [0.4, 0.5) is 0 Å². The fourth-order valence-corrected chi connectivity index (χ4v) is 4.59. The molecule has 2 rings (SSSR count). The summed E-state index contributed by atoms with van der Waals surface area (Å²) in [5, 5.41) is 4.64. The molecule has 2 N–H and O–H groups in total. The van der Waals surface area contributed by atoms with E-state index in [1.54, 1.807) is 0 Å². The number of rotatable bonds is 2. The van der Waals surface area contributed by atoms with Crippen molar-refractivity contribution in [2.45, 2.75) is 37.5 Å². The molecule has 7 nitrogen and oxygen atoms in total. The molecule has 0 bridgehead atoms. The summed E-state index contributed by atoms with van der Waals surface area (Å²) in [5.74, 6) is -1.15. The van der Waals surface area contributed by atoms with Crippen LogP contribution in [0.5, 0.6) is 0 Å². The van der Waals surface area contributed by atoms with Gasteiger partial charge >= 0.3 is 0 Å². The third-order valence-corrected chi connectivity index (χ3v) is 6.14. The second-order valence-corrected chi connectivity index (χ2v) is 7.59. The van der Waals surface area contributed by atoms with Crippen molar-refractivity contribution >= 4 is 21.8 Å². The number of piperazine rings is 1. The summed E-state index contributed by atoms with van der Waals surface area (Å²) in [6.07, 6.45) is 1.33. The average molecular weight is 289 g/mol. The summed E-state index contributed by atoms with van der Waals surface area (Å²) in [6, 6.07) is 0. The third kappa shape index (κ3) is 2.52. The molecule has 108 valence electrons.